The Morgan fingerprint density at radius 1 is 1.41 bits per heavy atom. The Labute approximate surface area is 172 Å². The third-order valence-electron chi connectivity index (χ3n) is 4.74. The Hall–Kier alpha value is -1.56. The van der Waals surface area contributed by atoms with Crippen molar-refractivity contribution in [2.24, 2.45) is 5.92 Å². The molecular weight excluding hydrogens is 423 g/mol. The first-order chi connectivity index (χ1) is 13.7. The van der Waals surface area contributed by atoms with Gasteiger partial charge in [-0.05, 0) is 29.8 Å². The van der Waals surface area contributed by atoms with Gasteiger partial charge in [-0.2, -0.15) is 5.10 Å². The van der Waals surface area contributed by atoms with Crippen LogP contribution in [0, 0.1) is 11.7 Å². The van der Waals surface area contributed by atoms with E-state index in [1.54, 1.807) is 12.4 Å². The highest BCUT2D eigenvalue weighted by Gasteiger charge is 2.35. The van der Waals surface area contributed by atoms with E-state index in [4.69, 9.17) is 5.11 Å². The molecule has 0 aromatic carbocycles. The maximum atomic E-state index is 14.3. The number of amides is 1. The van der Waals surface area contributed by atoms with Crippen LogP contribution in [0.3, 0.4) is 0 Å². The second kappa shape index (κ2) is 9.96. The number of rotatable bonds is 4. The van der Waals surface area contributed by atoms with E-state index in [0.717, 1.165) is 12.8 Å². The van der Waals surface area contributed by atoms with Gasteiger partial charge in [0.15, 0.2) is 11.6 Å². The predicted octanol–water partition coefficient (Wildman–Crippen LogP) is 2.33. The lowest BCUT2D eigenvalue weighted by Gasteiger charge is -2.37. The van der Waals surface area contributed by atoms with Crippen LogP contribution in [0.25, 0.3) is 5.82 Å². The van der Waals surface area contributed by atoms with Crippen molar-refractivity contribution in [2.45, 2.75) is 31.3 Å². The summed E-state index contributed by atoms with van der Waals surface area (Å²) < 4.78 is 42.0. The number of alkyl halides is 2. The number of pyridine rings is 1. The molecule has 1 N–H and O–H groups in total. The number of hydrogen-bond donors (Lipinski definition) is 1. The van der Waals surface area contributed by atoms with Gasteiger partial charge in [0.05, 0.1) is 6.42 Å². The lowest BCUT2D eigenvalue weighted by molar-refractivity contribution is -0.136. The molecule has 1 saturated heterocycles. The van der Waals surface area contributed by atoms with Gasteiger partial charge in [-0.1, -0.05) is 16.2 Å². The molecule has 0 saturated carbocycles. The molecule has 2 aromatic heterocycles. The molecule has 160 valence electrons. The van der Waals surface area contributed by atoms with E-state index in [-0.39, 0.29) is 17.7 Å². The van der Waals surface area contributed by atoms with Gasteiger partial charge in [0, 0.05) is 44.2 Å². The Bertz CT molecular complexity index is 845. The molecule has 1 amide bonds. The molecule has 1 aliphatic heterocycles. The van der Waals surface area contributed by atoms with Crippen LogP contribution in [0.1, 0.15) is 31.4 Å². The molecule has 0 radical (unpaired) electrons. The number of carbonyl (C=O) groups excluding carboxylic acids is 1. The highest BCUT2D eigenvalue weighted by atomic mass is 31.0. The van der Waals surface area contributed by atoms with E-state index in [2.05, 4.69) is 19.3 Å². The lowest BCUT2D eigenvalue weighted by atomic mass is 9.84. The number of aromatic nitrogens is 3. The fraction of sp³-hybridized carbons (Fsp3) is 0.500. The van der Waals surface area contributed by atoms with Gasteiger partial charge in [-0.3, -0.25) is 4.79 Å². The topological polar surface area (TPSA) is 71.2 Å². The van der Waals surface area contributed by atoms with Crippen molar-refractivity contribution >= 4 is 29.7 Å². The maximum Gasteiger partial charge on any atom is 0.267 e. The fourth-order valence-corrected chi connectivity index (χ4v) is 3.89. The molecule has 6 nitrogen and oxygen atoms in total. The number of likely N-dealkylation sites (tertiary alicyclic amines) is 1. The first-order valence-electron chi connectivity index (χ1n) is 9.00. The minimum absolute atomic E-state index is 0.0142. The summed E-state index contributed by atoms with van der Waals surface area (Å²) in [5.41, 5.74) is -2.29. The first kappa shape index (κ1) is 23.7. The summed E-state index contributed by atoms with van der Waals surface area (Å²) in [4.78, 5) is 17.7. The SMILES string of the molecule is CC1CN(C(=O)CC(F)(F)P)CCC1c1ccnn1-c1ncc(P)cc1F.CO. The number of aliphatic hydroxyl groups is 1. The van der Waals surface area contributed by atoms with E-state index in [0.29, 0.717) is 24.8 Å². The van der Waals surface area contributed by atoms with Crippen molar-refractivity contribution in [3.05, 3.63) is 36.0 Å². The van der Waals surface area contributed by atoms with Gasteiger partial charge in [-0.15, -0.1) is 9.24 Å². The second-order valence-electron chi connectivity index (χ2n) is 6.89. The van der Waals surface area contributed by atoms with Crippen molar-refractivity contribution in [3.63, 3.8) is 0 Å². The quantitative estimate of drug-likeness (QED) is 0.729. The molecule has 4 unspecified atom stereocenters. The van der Waals surface area contributed by atoms with Crippen molar-refractivity contribution in [1.29, 1.82) is 0 Å². The Balaban J connectivity index is 0.00000145. The van der Waals surface area contributed by atoms with E-state index in [1.165, 1.54) is 24.9 Å². The summed E-state index contributed by atoms with van der Waals surface area (Å²) in [7, 11) is 4.79. The third kappa shape index (κ3) is 5.97. The van der Waals surface area contributed by atoms with Gasteiger partial charge in [0.1, 0.15) is 0 Å². The van der Waals surface area contributed by atoms with Crippen molar-refractivity contribution in [2.75, 3.05) is 20.2 Å². The summed E-state index contributed by atoms with van der Waals surface area (Å²) in [5.74, 6) is -0.882. The third-order valence-corrected chi connectivity index (χ3v) is 5.26. The molecule has 3 rings (SSSR count). The summed E-state index contributed by atoms with van der Waals surface area (Å²) in [6, 6.07) is 3.18. The molecule has 2 aromatic rings. The minimum atomic E-state index is -3.09. The van der Waals surface area contributed by atoms with Crippen LogP contribution < -0.4 is 5.30 Å². The molecule has 11 heteroatoms. The van der Waals surface area contributed by atoms with Crippen LogP contribution in [0.15, 0.2) is 24.5 Å². The Morgan fingerprint density at radius 2 is 2.10 bits per heavy atom. The monoisotopic (exact) mass is 448 g/mol. The van der Waals surface area contributed by atoms with E-state index in [9.17, 15) is 18.0 Å². The zero-order valence-electron chi connectivity index (χ0n) is 16.2. The molecule has 3 heterocycles. The van der Waals surface area contributed by atoms with E-state index in [1.807, 2.05) is 13.0 Å². The predicted molar refractivity (Wildman–Crippen MR) is 111 cm³/mol. The van der Waals surface area contributed by atoms with E-state index >= 15 is 0 Å². The summed E-state index contributed by atoms with van der Waals surface area (Å²) in [6.07, 6.45) is 2.90. The standard InChI is InChI=1S/C17H21F3N4OP2.CH4O/c1-10-9-23(15(25)7-17(19,20)27)5-3-12(10)14-2-4-22-24(14)16-13(18)6-11(26)8-21-16;1-2/h2,4,6,8,10,12H,3,5,7,9,26-27H2,1H3;2H,1H3. The normalized spacial score (nSPS) is 19.5. The average Bonchev–Trinajstić information content (AvgIpc) is 3.11. The molecule has 29 heavy (non-hydrogen) atoms. The molecule has 0 spiro atoms. The molecule has 4 atom stereocenters. The summed E-state index contributed by atoms with van der Waals surface area (Å²) in [6.45, 7) is 2.70. The number of piperidine rings is 1. The van der Waals surface area contributed by atoms with Crippen LogP contribution in [0.2, 0.25) is 0 Å². The van der Waals surface area contributed by atoms with Crippen LogP contribution in [0.4, 0.5) is 13.2 Å². The number of halogens is 3. The molecule has 1 aliphatic rings. The molecule has 0 bridgehead atoms. The number of hydrogen-bond acceptors (Lipinski definition) is 4. The lowest BCUT2D eigenvalue weighted by Crippen LogP contribution is -2.43. The number of carbonyl (C=O) groups is 1. The van der Waals surface area contributed by atoms with Crippen LogP contribution >= 0.6 is 18.5 Å². The molecule has 1 fully saturated rings. The van der Waals surface area contributed by atoms with Crippen molar-refractivity contribution in [3.8, 4) is 5.82 Å². The van der Waals surface area contributed by atoms with Gasteiger partial charge >= 0.3 is 0 Å². The zero-order valence-corrected chi connectivity index (χ0v) is 18.5. The zero-order chi connectivity index (χ0) is 21.8. The second-order valence-corrected chi connectivity index (χ2v) is 8.40. The number of aliphatic hydroxyl groups excluding tert-OH is 1. The largest absolute Gasteiger partial charge is 0.400 e. The average molecular weight is 448 g/mol. The van der Waals surface area contributed by atoms with Gasteiger partial charge in [-0.25, -0.2) is 22.8 Å². The summed E-state index contributed by atoms with van der Waals surface area (Å²) >= 11 is 0. The molecule has 0 aliphatic carbocycles. The Morgan fingerprint density at radius 3 is 2.69 bits per heavy atom. The highest BCUT2D eigenvalue weighted by molar-refractivity contribution is 7.27. The van der Waals surface area contributed by atoms with Crippen molar-refractivity contribution in [1.82, 2.24) is 19.7 Å². The van der Waals surface area contributed by atoms with Gasteiger partial charge in [0.2, 0.25) is 5.91 Å². The van der Waals surface area contributed by atoms with Crippen LogP contribution in [0.5, 0.6) is 0 Å². The maximum absolute atomic E-state index is 14.3. The smallest absolute Gasteiger partial charge is 0.267 e. The highest BCUT2D eigenvalue weighted by Crippen LogP contribution is 2.35. The van der Waals surface area contributed by atoms with Crippen LogP contribution in [-0.2, 0) is 4.79 Å². The molecular formula is C18H25F3N4O2P2. The van der Waals surface area contributed by atoms with Crippen LogP contribution in [-0.4, -0.2) is 56.5 Å². The minimum Gasteiger partial charge on any atom is -0.400 e. The van der Waals surface area contributed by atoms with Gasteiger partial charge in [0.25, 0.3) is 5.66 Å². The number of nitrogens with zero attached hydrogens (tertiary/aromatic N) is 4. The summed E-state index contributed by atoms with van der Waals surface area (Å²) in [5, 5.41) is 11.8. The van der Waals surface area contributed by atoms with Crippen molar-refractivity contribution < 1.29 is 23.1 Å². The van der Waals surface area contributed by atoms with E-state index < -0.39 is 23.8 Å². The fourth-order valence-electron chi connectivity index (χ4n) is 3.50. The Kier molecular flexibility index (Phi) is 8.15. The first-order valence-corrected chi connectivity index (χ1v) is 10.2. The van der Waals surface area contributed by atoms with Gasteiger partial charge < -0.3 is 10.0 Å².